The summed E-state index contributed by atoms with van der Waals surface area (Å²) in [5, 5.41) is 17.2. The molecule has 42 heavy (non-hydrogen) atoms. The Balaban J connectivity index is 1.56. The Morgan fingerprint density at radius 1 is 0.976 bits per heavy atom. The summed E-state index contributed by atoms with van der Waals surface area (Å²) in [4.78, 5) is 55.4. The van der Waals surface area contributed by atoms with Gasteiger partial charge in [-0.1, -0.05) is 56.7 Å². The molecule has 4 rings (SSSR count). The molecule has 1 fully saturated rings. The minimum Gasteiger partial charge on any atom is -0.481 e. The van der Waals surface area contributed by atoms with Gasteiger partial charge in [-0.15, -0.1) is 11.3 Å². The number of aliphatic carboxylic acids is 1. The lowest BCUT2D eigenvalue weighted by Crippen LogP contribution is -2.48. The molecule has 1 aromatic heterocycles. The van der Waals surface area contributed by atoms with Crippen LogP contribution in [0.5, 0.6) is 0 Å². The topological polar surface area (TPSA) is 119 Å². The third-order valence-corrected chi connectivity index (χ3v) is 7.88. The van der Waals surface area contributed by atoms with Gasteiger partial charge >= 0.3 is 5.97 Å². The second-order valence-electron chi connectivity index (χ2n) is 11.8. The number of carboxylic acid groups (broad SMARTS) is 1. The van der Waals surface area contributed by atoms with Crippen molar-refractivity contribution in [1.82, 2.24) is 10.2 Å². The first-order valence-corrected chi connectivity index (χ1v) is 14.9. The van der Waals surface area contributed by atoms with E-state index in [1.165, 1.54) is 11.3 Å². The smallest absolute Gasteiger partial charge is 0.305 e. The number of carboxylic acids is 1. The number of carbonyl (C=O) groups is 4. The number of benzene rings is 2. The van der Waals surface area contributed by atoms with Gasteiger partial charge in [0.25, 0.3) is 11.8 Å². The highest BCUT2D eigenvalue weighted by atomic mass is 32.1. The molecule has 9 nitrogen and oxygen atoms in total. The van der Waals surface area contributed by atoms with Crippen molar-refractivity contribution in [2.75, 3.05) is 36.4 Å². The molecule has 222 valence electrons. The fourth-order valence-electron chi connectivity index (χ4n) is 4.90. The van der Waals surface area contributed by atoms with Gasteiger partial charge in [0, 0.05) is 38.2 Å². The van der Waals surface area contributed by atoms with E-state index in [9.17, 15) is 24.3 Å². The number of piperazine rings is 1. The zero-order valence-electron chi connectivity index (χ0n) is 24.5. The van der Waals surface area contributed by atoms with Crippen molar-refractivity contribution in [1.29, 1.82) is 0 Å². The maximum absolute atomic E-state index is 13.4. The lowest BCUT2D eigenvalue weighted by Gasteiger charge is -2.37. The number of amides is 3. The third kappa shape index (κ3) is 8.19. The third-order valence-electron chi connectivity index (χ3n) is 7.03. The lowest BCUT2D eigenvalue weighted by molar-refractivity contribution is -0.137. The van der Waals surface area contributed by atoms with E-state index in [1.54, 1.807) is 18.2 Å². The molecule has 0 saturated carbocycles. The molecule has 0 spiro atoms. The molecule has 1 atom stereocenters. The van der Waals surface area contributed by atoms with Gasteiger partial charge in [-0.25, -0.2) is 0 Å². The number of rotatable bonds is 9. The molecule has 1 saturated heterocycles. The van der Waals surface area contributed by atoms with E-state index >= 15 is 0 Å². The zero-order chi connectivity index (χ0) is 30.4. The molecule has 2 aromatic carbocycles. The number of nitrogens with zero attached hydrogens (tertiary/aromatic N) is 2. The van der Waals surface area contributed by atoms with E-state index in [0.29, 0.717) is 54.3 Å². The molecule has 2 heterocycles. The first-order chi connectivity index (χ1) is 19.9. The van der Waals surface area contributed by atoms with Crippen molar-refractivity contribution in [3.05, 3.63) is 81.5 Å². The lowest BCUT2D eigenvalue weighted by atomic mass is 9.92. The van der Waals surface area contributed by atoms with Crippen molar-refractivity contribution in [2.24, 2.45) is 5.41 Å². The highest BCUT2D eigenvalue weighted by molar-refractivity contribution is 7.12. The van der Waals surface area contributed by atoms with E-state index in [1.807, 2.05) is 74.4 Å². The van der Waals surface area contributed by atoms with Crippen LogP contribution in [-0.4, -0.2) is 59.9 Å². The summed E-state index contributed by atoms with van der Waals surface area (Å²) in [5.41, 5.74) is 3.06. The minimum absolute atomic E-state index is 0.0138. The number of hydrogen-bond acceptors (Lipinski definition) is 6. The molecule has 3 amide bonds. The van der Waals surface area contributed by atoms with Crippen LogP contribution in [-0.2, 0) is 9.59 Å². The Bertz CT molecular complexity index is 1420. The Morgan fingerprint density at radius 2 is 1.67 bits per heavy atom. The second-order valence-corrected chi connectivity index (χ2v) is 12.8. The molecule has 3 N–H and O–H groups in total. The quantitative estimate of drug-likeness (QED) is 0.310. The molecule has 3 aromatic rings. The fourth-order valence-corrected chi connectivity index (χ4v) is 5.59. The van der Waals surface area contributed by atoms with Gasteiger partial charge in [-0.2, -0.15) is 0 Å². The summed E-state index contributed by atoms with van der Waals surface area (Å²) in [6, 6.07) is 15.5. The van der Waals surface area contributed by atoms with Gasteiger partial charge < -0.3 is 25.5 Å². The molecule has 1 aliphatic rings. The Morgan fingerprint density at radius 3 is 2.26 bits per heavy atom. The first-order valence-electron chi connectivity index (χ1n) is 14.0. The van der Waals surface area contributed by atoms with Crippen LogP contribution in [0, 0.1) is 12.3 Å². The molecule has 1 aliphatic heterocycles. The maximum Gasteiger partial charge on any atom is 0.305 e. The van der Waals surface area contributed by atoms with Crippen LogP contribution < -0.4 is 15.5 Å². The number of hydrogen-bond donors (Lipinski definition) is 3. The molecule has 0 radical (unpaired) electrons. The summed E-state index contributed by atoms with van der Waals surface area (Å²) in [5.74, 6) is -1.62. The van der Waals surface area contributed by atoms with Crippen LogP contribution in [0.2, 0.25) is 0 Å². The van der Waals surface area contributed by atoms with Gasteiger partial charge in [-0.3, -0.25) is 19.2 Å². The van der Waals surface area contributed by atoms with Crippen molar-refractivity contribution in [3.63, 3.8) is 0 Å². The summed E-state index contributed by atoms with van der Waals surface area (Å²) in [6.45, 7) is 10.1. The van der Waals surface area contributed by atoms with E-state index < -0.39 is 17.9 Å². The number of thiophene rings is 1. The molecule has 0 bridgehead atoms. The SMILES string of the molecule is Cc1ccc(C(CC(=O)O)NC(=O)c2ccc(N3CCN(C(=O)c4cccs4)CC3)c(NC(=O)CC(C)(C)C)c2)cc1. The first kappa shape index (κ1) is 30.8. The Labute approximate surface area is 250 Å². The number of anilines is 2. The van der Waals surface area contributed by atoms with E-state index in [2.05, 4.69) is 15.5 Å². The number of nitrogens with one attached hydrogen (secondary N) is 2. The molecule has 10 heteroatoms. The van der Waals surface area contributed by atoms with Crippen LogP contribution >= 0.6 is 11.3 Å². The Hall–Kier alpha value is -4.18. The largest absolute Gasteiger partial charge is 0.481 e. The van der Waals surface area contributed by atoms with Crippen LogP contribution in [0.4, 0.5) is 11.4 Å². The van der Waals surface area contributed by atoms with Gasteiger partial charge in [0.1, 0.15) is 0 Å². The average molecular weight is 591 g/mol. The standard InChI is InChI=1S/C32H38N4O5S/c1-21-7-9-22(10-8-21)24(19-29(38)39)34-30(40)23-11-12-26(25(18-23)33-28(37)20-32(2,3)4)35-13-15-36(16-14-35)31(41)27-6-5-17-42-27/h5-12,17-18,24H,13-16,19-20H2,1-4H3,(H,33,37)(H,34,40)(H,38,39). The van der Waals surface area contributed by atoms with Crippen molar-refractivity contribution in [2.45, 2.75) is 46.6 Å². The Kier molecular flexibility index (Phi) is 9.67. The monoisotopic (exact) mass is 590 g/mol. The molecule has 1 unspecified atom stereocenters. The van der Waals surface area contributed by atoms with Crippen LogP contribution in [0.25, 0.3) is 0 Å². The minimum atomic E-state index is -1.02. The van der Waals surface area contributed by atoms with Crippen LogP contribution in [0.15, 0.2) is 60.0 Å². The summed E-state index contributed by atoms with van der Waals surface area (Å²) in [6.07, 6.45) is 0.0244. The molecule has 0 aliphatic carbocycles. The van der Waals surface area contributed by atoms with Crippen LogP contribution in [0.1, 0.15) is 70.8 Å². The van der Waals surface area contributed by atoms with Gasteiger partial charge in [0.2, 0.25) is 5.91 Å². The fraction of sp³-hybridized carbons (Fsp3) is 0.375. The van der Waals surface area contributed by atoms with Crippen molar-refractivity contribution >= 4 is 46.4 Å². The summed E-state index contributed by atoms with van der Waals surface area (Å²) >= 11 is 1.42. The molecular weight excluding hydrogens is 552 g/mol. The van der Waals surface area contributed by atoms with Crippen LogP contribution in [0.3, 0.4) is 0 Å². The number of carbonyl (C=O) groups excluding carboxylic acids is 3. The van der Waals surface area contributed by atoms with Crippen molar-refractivity contribution in [3.8, 4) is 0 Å². The highest BCUT2D eigenvalue weighted by Gasteiger charge is 2.26. The average Bonchev–Trinajstić information content (AvgIpc) is 3.47. The predicted octanol–water partition coefficient (Wildman–Crippen LogP) is 5.34. The maximum atomic E-state index is 13.4. The van der Waals surface area contributed by atoms with Gasteiger partial charge in [0.05, 0.1) is 28.7 Å². The predicted molar refractivity (Wildman–Crippen MR) is 165 cm³/mol. The molecular formula is C32H38N4O5S. The van der Waals surface area contributed by atoms with E-state index in [0.717, 1.165) is 11.3 Å². The van der Waals surface area contributed by atoms with Gasteiger partial charge in [0.15, 0.2) is 0 Å². The zero-order valence-corrected chi connectivity index (χ0v) is 25.3. The van der Waals surface area contributed by atoms with Gasteiger partial charge in [-0.05, 0) is 47.5 Å². The van der Waals surface area contributed by atoms with Crippen molar-refractivity contribution < 1.29 is 24.3 Å². The normalized spacial score (nSPS) is 14.3. The summed E-state index contributed by atoms with van der Waals surface area (Å²) in [7, 11) is 0. The second kappa shape index (κ2) is 13.2. The van der Waals surface area contributed by atoms with E-state index in [-0.39, 0.29) is 23.7 Å². The number of aryl methyl sites for hydroxylation is 1. The highest BCUT2D eigenvalue weighted by Crippen LogP contribution is 2.31. The van der Waals surface area contributed by atoms with E-state index in [4.69, 9.17) is 0 Å². The summed E-state index contributed by atoms with van der Waals surface area (Å²) < 4.78 is 0.